The number of amides is 2. The lowest BCUT2D eigenvalue weighted by atomic mass is 9.98. The minimum atomic E-state index is -1.38. The number of carboxylic acids is 1. The van der Waals surface area contributed by atoms with Gasteiger partial charge in [-0.2, -0.15) is 0 Å². The Morgan fingerprint density at radius 2 is 1.60 bits per heavy atom. The molecule has 0 spiro atoms. The third-order valence-electron chi connectivity index (χ3n) is 5.70. The first-order valence-electron chi connectivity index (χ1n) is 11.0. The standard InChI is InChI=1S/C27H24N2O6/c30-15-24(26(32)33)29-25(31)13-12-17-6-5-7-18(14-17)28-27(34)35-16-23-21-10-3-1-8-19(21)20-9-2-4-11-22(20)23/h1-14,23-24,30H,15-16H2,(H,28,34)(H,29,31)(H,32,33)/b13-12+/t24-/m1/s1. The molecule has 0 unspecified atom stereocenters. The molecule has 4 rings (SSSR count). The van der Waals surface area contributed by atoms with Crippen LogP contribution in [0.2, 0.25) is 0 Å². The SMILES string of the molecule is O=C(/C=C/c1cccc(NC(=O)OCC2c3ccccc3-c3ccccc32)c1)N[C@H](CO)C(=O)O. The molecule has 0 saturated carbocycles. The first-order chi connectivity index (χ1) is 17.0. The molecule has 0 fully saturated rings. The lowest BCUT2D eigenvalue weighted by molar-refractivity contribution is -0.142. The van der Waals surface area contributed by atoms with Gasteiger partial charge in [0.1, 0.15) is 6.61 Å². The predicted molar refractivity (Wildman–Crippen MR) is 131 cm³/mol. The number of nitrogens with one attached hydrogen (secondary N) is 2. The fourth-order valence-electron chi connectivity index (χ4n) is 4.05. The molecule has 0 saturated heterocycles. The van der Waals surface area contributed by atoms with Gasteiger partial charge in [-0.05, 0) is 46.0 Å². The van der Waals surface area contributed by atoms with Crippen LogP contribution in [0.5, 0.6) is 0 Å². The number of ether oxygens (including phenoxy) is 1. The highest BCUT2D eigenvalue weighted by molar-refractivity contribution is 5.94. The molecular weight excluding hydrogens is 448 g/mol. The van der Waals surface area contributed by atoms with E-state index in [-0.39, 0.29) is 12.5 Å². The van der Waals surface area contributed by atoms with E-state index in [1.807, 2.05) is 36.4 Å². The van der Waals surface area contributed by atoms with Gasteiger partial charge in [0.15, 0.2) is 6.04 Å². The lowest BCUT2D eigenvalue weighted by Crippen LogP contribution is -2.42. The summed E-state index contributed by atoms with van der Waals surface area (Å²) in [5, 5.41) is 22.7. The van der Waals surface area contributed by atoms with E-state index in [9.17, 15) is 14.4 Å². The predicted octanol–water partition coefficient (Wildman–Crippen LogP) is 3.62. The number of carbonyl (C=O) groups excluding carboxylic acids is 2. The Hall–Kier alpha value is -4.43. The lowest BCUT2D eigenvalue weighted by Gasteiger charge is -2.14. The summed E-state index contributed by atoms with van der Waals surface area (Å²) in [6.07, 6.45) is 2.02. The number of fused-ring (bicyclic) bond motifs is 3. The fourth-order valence-corrected chi connectivity index (χ4v) is 4.05. The minimum absolute atomic E-state index is 0.0468. The van der Waals surface area contributed by atoms with E-state index in [1.54, 1.807) is 24.3 Å². The Balaban J connectivity index is 1.36. The highest BCUT2D eigenvalue weighted by Gasteiger charge is 2.29. The molecule has 0 aromatic heterocycles. The average Bonchev–Trinajstić information content (AvgIpc) is 3.18. The van der Waals surface area contributed by atoms with E-state index in [0.717, 1.165) is 28.3 Å². The van der Waals surface area contributed by atoms with Crippen molar-refractivity contribution >= 4 is 29.7 Å². The Labute approximate surface area is 201 Å². The van der Waals surface area contributed by atoms with Crippen molar-refractivity contribution in [1.29, 1.82) is 0 Å². The molecule has 0 aliphatic heterocycles. The van der Waals surface area contributed by atoms with Gasteiger partial charge in [0, 0.05) is 17.7 Å². The molecule has 8 nitrogen and oxygen atoms in total. The molecule has 3 aromatic rings. The van der Waals surface area contributed by atoms with E-state index in [4.69, 9.17) is 14.9 Å². The quantitative estimate of drug-likeness (QED) is 0.371. The van der Waals surface area contributed by atoms with Crippen LogP contribution in [0.4, 0.5) is 10.5 Å². The van der Waals surface area contributed by atoms with Gasteiger partial charge in [0.05, 0.1) is 6.61 Å². The summed E-state index contributed by atoms with van der Waals surface area (Å²) in [6.45, 7) is -0.524. The number of aliphatic carboxylic acids is 1. The highest BCUT2D eigenvalue weighted by atomic mass is 16.5. The summed E-state index contributed by atoms with van der Waals surface area (Å²) >= 11 is 0. The number of aliphatic hydroxyl groups is 1. The van der Waals surface area contributed by atoms with Crippen molar-refractivity contribution in [3.63, 3.8) is 0 Å². The number of hydrogen-bond donors (Lipinski definition) is 4. The van der Waals surface area contributed by atoms with Crippen molar-refractivity contribution in [2.45, 2.75) is 12.0 Å². The smallest absolute Gasteiger partial charge is 0.411 e. The number of rotatable bonds is 8. The second kappa shape index (κ2) is 10.7. The van der Waals surface area contributed by atoms with Crippen LogP contribution in [0, 0.1) is 0 Å². The van der Waals surface area contributed by atoms with Gasteiger partial charge in [-0.15, -0.1) is 0 Å². The summed E-state index contributed by atoms with van der Waals surface area (Å²) in [4.78, 5) is 35.3. The number of carbonyl (C=O) groups is 3. The van der Waals surface area contributed by atoms with Crippen LogP contribution in [0.1, 0.15) is 22.6 Å². The van der Waals surface area contributed by atoms with Crippen LogP contribution in [-0.2, 0) is 14.3 Å². The van der Waals surface area contributed by atoms with E-state index in [1.165, 1.54) is 6.08 Å². The van der Waals surface area contributed by atoms with Crippen molar-refractivity contribution in [2.24, 2.45) is 0 Å². The highest BCUT2D eigenvalue weighted by Crippen LogP contribution is 2.44. The maximum atomic E-state index is 12.5. The molecule has 8 heteroatoms. The molecule has 0 heterocycles. The average molecular weight is 472 g/mol. The first kappa shape index (κ1) is 23.7. The molecule has 3 aromatic carbocycles. The van der Waals surface area contributed by atoms with E-state index in [0.29, 0.717) is 11.3 Å². The minimum Gasteiger partial charge on any atom is -0.480 e. The largest absolute Gasteiger partial charge is 0.480 e. The van der Waals surface area contributed by atoms with Gasteiger partial charge >= 0.3 is 12.1 Å². The van der Waals surface area contributed by atoms with Crippen molar-refractivity contribution in [3.05, 3.63) is 95.6 Å². The molecule has 0 bridgehead atoms. The molecule has 1 aliphatic carbocycles. The zero-order valence-electron chi connectivity index (χ0n) is 18.7. The topological polar surface area (TPSA) is 125 Å². The monoisotopic (exact) mass is 472 g/mol. The Kier molecular flexibility index (Phi) is 7.23. The fraction of sp³-hybridized carbons (Fsp3) is 0.148. The third-order valence-corrected chi connectivity index (χ3v) is 5.70. The second-order valence-corrected chi connectivity index (χ2v) is 7.99. The second-order valence-electron chi connectivity index (χ2n) is 7.99. The van der Waals surface area contributed by atoms with Crippen LogP contribution in [0.3, 0.4) is 0 Å². The molecule has 0 radical (unpaired) electrons. The zero-order chi connectivity index (χ0) is 24.8. The number of benzene rings is 3. The van der Waals surface area contributed by atoms with Crippen molar-refractivity contribution < 1.29 is 29.3 Å². The van der Waals surface area contributed by atoms with Crippen molar-refractivity contribution in [2.75, 3.05) is 18.5 Å². The maximum Gasteiger partial charge on any atom is 0.411 e. The molecule has 4 N–H and O–H groups in total. The van der Waals surface area contributed by atoms with Crippen LogP contribution >= 0.6 is 0 Å². The van der Waals surface area contributed by atoms with E-state index < -0.39 is 30.6 Å². The molecule has 178 valence electrons. The first-order valence-corrected chi connectivity index (χ1v) is 11.0. The Morgan fingerprint density at radius 1 is 0.943 bits per heavy atom. The summed E-state index contributed by atoms with van der Waals surface area (Å²) in [5.74, 6) is -2.04. The van der Waals surface area contributed by atoms with Gasteiger partial charge in [0.25, 0.3) is 0 Å². The summed E-state index contributed by atoms with van der Waals surface area (Å²) in [6, 6.07) is 21.5. The summed E-state index contributed by atoms with van der Waals surface area (Å²) in [7, 11) is 0. The van der Waals surface area contributed by atoms with E-state index in [2.05, 4.69) is 22.8 Å². The molecular formula is C27H24N2O6. The molecule has 35 heavy (non-hydrogen) atoms. The Bertz CT molecular complexity index is 1240. The van der Waals surface area contributed by atoms with Crippen LogP contribution in [-0.4, -0.2) is 47.4 Å². The van der Waals surface area contributed by atoms with Crippen LogP contribution in [0.25, 0.3) is 17.2 Å². The molecule has 2 amide bonds. The van der Waals surface area contributed by atoms with Crippen LogP contribution in [0.15, 0.2) is 78.9 Å². The number of hydrogen-bond acceptors (Lipinski definition) is 5. The summed E-state index contributed by atoms with van der Waals surface area (Å²) < 4.78 is 5.55. The normalized spacial score (nSPS) is 13.1. The third kappa shape index (κ3) is 5.56. The van der Waals surface area contributed by atoms with Gasteiger partial charge in [-0.3, -0.25) is 10.1 Å². The number of anilines is 1. The number of carboxylic acid groups (broad SMARTS) is 1. The van der Waals surface area contributed by atoms with Gasteiger partial charge < -0.3 is 20.3 Å². The van der Waals surface area contributed by atoms with Gasteiger partial charge in [0.2, 0.25) is 5.91 Å². The zero-order valence-corrected chi connectivity index (χ0v) is 18.7. The van der Waals surface area contributed by atoms with Gasteiger partial charge in [-0.25, -0.2) is 9.59 Å². The molecule has 1 aliphatic rings. The molecule has 1 atom stereocenters. The van der Waals surface area contributed by atoms with Gasteiger partial charge in [-0.1, -0.05) is 60.7 Å². The van der Waals surface area contributed by atoms with Crippen molar-refractivity contribution in [3.8, 4) is 11.1 Å². The maximum absolute atomic E-state index is 12.5. The van der Waals surface area contributed by atoms with E-state index >= 15 is 0 Å². The number of aliphatic hydroxyl groups excluding tert-OH is 1. The van der Waals surface area contributed by atoms with Crippen molar-refractivity contribution in [1.82, 2.24) is 5.32 Å². The van der Waals surface area contributed by atoms with Crippen LogP contribution < -0.4 is 10.6 Å². The Morgan fingerprint density at radius 3 is 2.23 bits per heavy atom. The summed E-state index contributed by atoms with van der Waals surface area (Å²) in [5.41, 5.74) is 5.62.